The average molecular weight is 550 g/mol. The summed E-state index contributed by atoms with van der Waals surface area (Å²) in [6.45, 7) is 3.60. The van der Waals surface area contributed by atoms with Gasteiger partial charge in [0.1, 0.15) is 11.5 Å². The lowest BCUT2D eigenvalue weighted by Crippen LogP contribution is -2.44. The second-order valence-corrected chi connectivity index (χ2v) is 11.8. The van der Waals surface area contributed by atoms with Crippen molar-refractivity contribution in [2.75, 3.05) is 23.7 Å². The van der Waals surface area contributed by atoms with E-state index in [0.29, 0.717) is 24.7 Å². The Morgan fingerprint density at radius 1 is 1.00 bits per heavy atom. The number of aliphatic hydroxyl groups excluding tert-OH is 1. The Labute approximate surface area is 227 Å². The molecule has 39 heavy (non-hydrogen) atoms. The van der Waals surface area contributed by atoms with Gasteiger partial charge in [-0.1, -0.05) is 6.07 Å². The summed E-state index contributed by atoms with van der Waals surface area (Å²) in [5.74, 6) is 1.21. The fraction of sp³-hybridized carbons (Fsp3) is 0.655. The first-order valence-corrected chi connectivity index (χ1v) is 14.2. The van der Waals surface area contributed by atoms with Crippen molar-refractivity contribution in [1.82, 2.24) is 14.9 Å². The van der Waals surface area contributed by atoms with E-state index in [1.54, 1.807) is 19.2 Å². The number of piperidine rings is 1. The van der Waals surface area contributed by atoms with Crippen molar-refractivity contribution in [1.29, 1.82) is 0 Å². The van der Waals surface area contributed by atoms with Crippen LogP contribution in [0, 0.1) is 0 Å². The van der Waals surface area contributed by atoms with E-state index in [9.17, 15) is 22.7 Å². The molecular formula is C29H39F4N5O. The molecule has 3 fully saturated rings. The van der Waals surface area contributed by atoms with Crippen molar-refractivity contribution in [3.05, 3.63) is 41.6 Å². The highest BCUT2D eigenvalue weighted by Gasteiger charge is 2.35. The third kappa shape index (κ3) is 7.20. The van der Waals surface area contributed by atoms with Gasteiger partial charge in [0.2, 0.25) is 5.95 Å². The lowest BCUT2D eigenvalue weighted by molar-refractivity contribution is -0.137. The predicted octanol–water partition coefficient (Wildman–Crippen LogP) is 6.80. The summed E-state index contributed by atoms with van der Waals surface area (Å²) in [6.07, 6.45) is 5.15. The molecule has 2 aromatic rings. The maximum absolute atomic E-state index is 14.3. The predicted molar refractivity (Wildman–Crippen MR) is 144 cm³/mol. The van der Waals surface area contributed by atoms with Crippen LogP contribution in [0.1, 0.15) is 88.2 Å². The Hall–Kier alpha value is -2.46. The lowest BCUT2D eigenvalue weighted by Gasteiger charge is -2.42. The van der Waals surface area contributed by atoms with E-state index in [1.807, 2.05) is 0 Å². The molecule has 3 N–H and O–H groups in total. The van der Waals surface area contributed by atoms with Gasteiger partial charge in [0.15, 0.2) is 0 Å². The number of hydrogen-bond acceptors (Lipinski definition) is 6. The van der Waals surface area contributed by atoms with Crippen LogP contribution in [0.2, 0.25) is 0 Å². The molecule has 2 saturated carbocycles. The Bertz CT molecular complexity index is 1100. The monoisotopic (exact) mass is 549 g/mol. The summed E-state index contributed by atoms with van der Waals surface area (Å²) in [5.41, 5.74) is -0.472. The third-order valence-corrected chi connectivity index (χ3v) is 8.78. The largest absolute Gasteiger partial charge is 0.416 e. The van der Waals surface area contributed by atoms with Crippen molar-refractivity contribution in [2.45, 2.75) is 107 Å². The number of nitrogens with zero attached hydrogens (tertiary/aromatic N) is 3. The smallest absolute Gasteiger partial charge is 0.393 e. The summed E-state index contributed by atoms with van der Waals surface area (Å²) < 4.78 is 53.9. The normalized spacial score (nSPS) is 29.2. The number of alkyl halides is 4. The maximum atomic E-state index is 14.3. The molecule has 3 aliphatic rings. The van der Waals surface area contributed by atoms with Crippen LogP contribution in [0.4, 0.5) is 35.0 Å². The summed E-state index contributed by atoms with van der Waals surface area (Å²) in [5, 5.41) is 16.5. The van der Waals surface area contributed by atoms with E-state index in [4.69, 9.17) is 4.98 Å². The molecule has 0 amide bonds. The van der Waals surface area contributed by atoms with Gasteiger partial charge < -0.3 is 20.6 Å². The van der Waals surface area contributed by atoms with Crippen LogP contribution in [0.25, 0.3) is 0 Å². The van der Waals surface area contributed by atoms with Crippen LogP contribution in [-0.4, -0.2) is 56.9 Å². The summed E-state index contributed by atoms with van der Waals surface area (Å²) in [7, 11) is 0. The summed E-state index contributed by atoms with van der Waals surface area (Å²) in [4.78, 5) is 11.7. The zero-order valence-electron chi connectivity index (χ0n) is 22.5. The van der Waals surface area contributed by atoms with Gasteiger partial charge in [-0.3, -0.25) is 0 Å². The van der Waals surface area contributed by atoms with Gasteiger partial charge >= 0.3 is 6.18 Å². The van der Waals surface area contributed by atoms with E-state index in [-0.39, 0.29) is 29.7 Å². The number of nitrogens with one attached hydrogen (secondary N) is 2. The molecule has 0 spiro atoms. The van der Waals surface area contributed by atoms with Gasteiger partial charge in [0, 0.05) is 29.5 Å². The van der Waals surface area contributed by atoms with Crippen LogP contribution < -0.4 is 10.6 Å². The molecule has 1 aliphatic heterocycles. The number of aromatic nitrogens is 2. The SMILES string of the molecule is CC1(F)CCC(N2CCC(c3cnc(Nc4cccc(C(F)(F)F)c4)nc3NC3CCC(O)CC3)CC2)CC1. The number of hydrogen-bond donors (Lipinski definition) is 3. The van der Waals surface area contributed by atoms with Crippen LogP contribution in [0.5, 0.6) is 0 Å². The Kier molecular flexibility index (Phi) is 8.33. The minimum Gasteiger partial charge on any atom is -0.393 e. The number of anilines is 3. The molecule has 6 nitrogen and oxygen atoms in total. The second-order valence-electron chi connectivity index (χ2n) is 11.8. The Balaban J connectivity index is 1.31. The molecule has 2 aliphatic carbocycles. The summed E-state index contributed by atoms with van der Waals surface area (Å²) in [6, 6.07) is 5.63. The molecule has 214 valence electrons. The number of benzene rings is 1. The van der Waals surface area contributed by atoms with Crippen LogP contribution in [-0.2, 0) is 6.18 Å². The fourth-order valence-electron chi connectivity index (χ4n) is 6.33. The van der Waals surface area contributed by atoms with E-state index in [1.165, 1.54) is 6.07 Å². The first-order chi connectivity index (χ1) is 18.6. The lowest BCUT2D eigenvalue weighted by atomic mass is 9.82. The van der Waals surface area contributed by atoms with E-state index >= 15 is 0 Å². The molecule has 1 aromatic carbocycles. The van der Waals surface area contributed by atoms with Crippen LogP contribution >= 0.6 is 0 Å². The van der Waals surface area contributed by atoms with Gasteiger partial charge in [-0.25, -0.2) is 9.37 Å². The molecule has 0 radical (unpaired) electrons. The van der Waals surface area contributed by atoms with E-state index in [0.717, 1.165) is 82.2 Å². The molecule has 5 rings (SSSR count). The van der Waals surface area contributed by atoms with E-state index < -0.39 is 17.4 Å². The molecule has 0 bridgehead atoms. The highest BCUT2D eigenvalue weighted by molar-refractivity contribution is 5.58. The fourth-order valence-corrected chi connectivity index (χ4v) is 6.33. The topological polar surface area (TPSA) is 73.3 Å². The van der Waals surface area contributed by atoms with Crippen molar-refractivity contribution >= 4 is 17.5 Å². The molecule has 1 saturated heterocycles. The van der Waals surface area contributed by atoms with Crippen molar-refractivity contribution in [3.8, 4) is 0 Å². The molecular weight excluding hydrogens is 510 g/mol. The van der Waals surface area contributed by atoms with Crippen molar-refractivity contribution < 1.29 is 22.7 Å². The maximum Gasteiger partial charge on any atom is 0.416 e. The first-order valence-electron chi connectivity index (χ1n) is 14.2. The molecule has 1 aromatic heterocycles. The quantitative estimate of drug-likeness (QED) is 0.344. The van der Waals surface area contributed by atoms with Gasteiger partial charge in [0.05, 0.1) is 11.7 Å². The number of halogens is 4. The first kappa shape index (κ1) is 28.1. The van der Waals surface area contributed by atoms with Crippen LogP contribution in [0.3, 0.4) is 0 Å². The van der Waals surface area contributed by atoms with E-state index in [2.05, 4.69) is 20.5 Å². The number of likely N-dealkylation sites (tertiary alicyclic amines) is 1. The Morgan fingerprint density at radius 2 is 1.69 bits per heavy atom. The third-order valence-electron chi connectivity index (χ3n) is 8.78. The zero-order chi connectivity index (χ0) is 27.6. The van der Waals surface area contributed by atoms with Gasteiger partial charge in [0.25, 0.3) is 0 Å². The minimum atomic E-state index is -4.43. The number of rotatable bonds is 6. The highest BCUT2D eigenvalue weighted by Crippen LogP contribution is 2.38. The molecule has 0 atom stereocenters. The molecule has 0 unspecified atom stereocenters. The summed E-state index contributed by atoms with van der Waals surface area (Å²) >= 11 is 0. The minimum absolute atomic E-state index is 0.167. The average Bonchev–Trinajstić information content (AvgIpc) is 2.90. The highest BCUT2D eigenvalue weighted by atomic mass is 19.4. The molecule has 2 heterocycles. The Morgan fingerprint density at radius 3 is 2.36 bits per heavy atom. The van der Waals surface area contributed by atoms with Crippen molar-refractivity contribution in [2.24, 2.45) is 0 Å². The zero-order valence-corrected chi connectivity index (χ0v) is 22.5. The number of aliphatic hydroxyl groups is 1. The van der Waals surface area contributed by atoms with Gasteiger partial charge in [-0.05, 0) is 108 Å². The van der Waals surface area contributed by atoms with Gasteiger partial charge in [-0.15, -0.1) is 0 Å². The molecule has 10 heteroatoms. The van der Waals surface area contributed by atoms with Gasteiger partial charge in [-0.2, -0.15) is 18.2 Å². The van der Waals surface area contributed by atoms with Crippen LogP contribution in [0.15, 0.2) is 30.5 Å². The van der Waals surface area contributed by atoms with Crippen molar-refractivity contribution in [3.63, 3.8) is 0 Å². The standard InChI is InChI=1S/C29H39F4N5O/c1-28(30)13-9-23(10-14-28)38-15-11-19(12-16-38)25-18-34-27(36-22-4-2-3-20(17-22)29(31,32)33)37-26(25)35-21-5-7-24(39)8-6-21/h2-4,17-19,21,23-24,39H,5-16H2,1H3,(H2,34,35,36,37). The second kappa shape index (κ2) is 11.6.